The summed E-state index contributed by atoms with van der Waals surface area (Å²) in [5, 5.41) is 2.74. The second-order valence-electron chi connectivity index (χ2n) is 7.74. The third-order valence-electron chi connectivity index (χ3n) is 4.71. The molecule has 0 aromatic heterocycles. The Labute approximate surface area is 171 Å². The lowest BCUT2D eigenvalue weighted by atomic mass is 10.0. The highest BCUT2D eigenvalue weighted by Crippen LogP contribution is 2.41. The number of esters is 1. The molecule has 154 valence electrons. The van der Waals surface area contributed by atoms with Gasteiger partial charge in [0.05, 0.1) is 0 Å². The molecule has 0 fully saturated rings. The van der Waals surface area contributed by atoms with E-state index in [0.717, 1.165) is 18.4 Å². The molecule has 0 aliphatic carbocycles. The molecule has 1 heterocycles. The van der Waals surface area contributed by atoms with Gasteiger partial charge < -0.3 is 19.5 Å². The molecule has 1 atom stereocenters. The van der Waals surface area contributed by atoms with Crippen LogP contribution in [-0.4, -0.2) is 30.2 Å². The van der Waals surface area contributed by atoms with Crippen molar-refractivity contribution in [1.82, 2.24) is 0 Å². The summed E-state index contributed by atoms with van der Waals surface area (Å²) in [6.45, 7) is 7.29. The summed E-state index contributed by atoms with van der Waals surface area (Å²) >= 11 is 0. The van der Waals surface area contributed by atoms with Crippen LogP contribution in [0.5, 0.6) is 11.5 Å². The Hall–Kier alpha value is -3.02. The summed E-state index contributed by atoms with van der Waals surface area (Å²) in [7, 11) is 0. The van der Waals surface area contributed by atoms with Gasteiger partial charge in [0.1, 0.15) is 5.60 Å². The Morgan fingerprint density at radius 2 is 1.90 bits per heavy atom. The van der Waals surface area contributed by atoms with Gasteiger partial charge in [0.25, 0.3) is 5.91 Å². The average Bonchev–Trinajstić information content (AvgIpc) is 3.01. The monoisotopic (exact) mass is 397 g/mol. The van der Waals surface area contributed by atoms with Crippen molar-refractivity contribution in [2.45, 2.75) is 52.2 Å². The number of para-hydroxylation sites is 1. The fraction of sp³-hybridized carbons (Fsp3) is 0.391. The molecule has 0 saturated heterocycles. The van der Waals surface area contributed by atoms with Gasteiger partial charge in [-0.3, -0.25) is 4.79 Å². The van der Waals surface area contributed by atoms with Crippen LogP contribution < -0.4 is 14.8 Å². The zero-order valence-electron chi connectivity index (χ0n) is 17.3. The Morgan fingerprint density at radius 1 is 1.17 bits per heavy atom. The molecular weight excluding hydrogens is 370 g/mol. The number of rotatable bonds is 7. The van der Waals surface area contributed by atoms with Crippen molar-refractivity contribution < 1.29 is 23.8 Å². The van der Waals surface area contributed by atoms with E-state index in [2.05, 4.69) is 12.2 Å². The smallest absolute Gasteiger partial charge is 0.344 e. The minimum absolute atomic E-state index is 0.301. The molecule has 0 saturated carbocycles. The van der Waals surface area contributed by atoms with Crippen molar-refractivity contribution in [3.63, 3.8) is 0 Å². The summed E-state index contributed by atoms with van der Waals surface area (Å²) in [4.78, 5) is 24.4. The van der Waals surface area contributed by atoms with Crippen LogP contribution in [0.3, 0.4) is 0 Å². The fourth-order valence-electron chi connectivity index (χ4n) is 3.19. The topological polar surface area (TPSA) is 73.9 Å². The highest BCUT2D eigenvalue weighted by Gasteiger charge is 2.32. The molecule has 1 amide bonds. The number of anilines is 1. The first-order valence-corrected chi connectivity index (χ1v) is 9.80. The molecule has 2 aromatic rings. The second-order valence-corrected chi connectivity index (χ2v) is 7.74. The normalized spacial score (nSPS) is 15.0. The number of hydrogen-bond acceptors (Lipinski definition) is 5. The first kappa shape index (κ1) is 20.7. The van der Waals surface area contributed by atoms with Crippen molar-refractivity contribution in [2.24, 2.45) is 0 Å². The first-order chi connectivity index (χ1) is 13.8. The van der Waals surface area contributed by atoms with E-state index in [4.69, 9.17) is 14.2 Å². The largest absolute Gasteiger partial charge is 0.483 e. The van der Waals surface area contributed by atoms with Crippen molar-refractivity contribution in [3.05, 3.63) is 53.6 Å². The molecule has 1 aliphatic rings. The average molecular weight is 397 g/mol. The number of aryl methyl sites for hydroxylation is 1. The van der Waals surface area contributed by atoms with E-state index in [-0.39, 0.29) is 12.2 Å². The van der Waals surface area contributed by atoms with E-state index >= 15 is 0 Å². The quantitative estimate of drug-likeness (QED) is 0.717. The number of benzene rings is 2. The maximum Gasteiger partial charge on any atom is 0.344 e. The van der Waals surface area contributed by atoms with Gasteiger partial charge in [0, 0.05) is 17.7 Å². The van der Waals surface area contributed by atoms with E-state index in [1.807, 2.05) is 50.2 Å². The molecule has 0 bridgehead atoms. The Balaban J connectivity index is 1.51. The van der Waals surface area contributed by atoms with Crippen LogP contribution in [-0.2, 0) is 27.2 Å². The van der Waals surface area contributed by atoms with Crippen molar-refractivity contribution >= 4 is 17.6 Å². The minimum atomic E-state index is -0.936. The zero-order valence-corrected chi connectivity index (χ0v) is 17.3. The van der Waals surface area contributed by atoms with Gasteiger partial charge in [-0.25, -0.2) is 4.79 Å². The molecule has 2 aromatic carbocycles. The highest BCUT2D eigenvalue weighted by atomic mass is 16.6. The summed E-state index contributed by atoms with van der Waals surface area (Å²) in [6.07, 6.45) is 0.768. The Bertz CT molecular complexity index is 889. The zero-order chi connectivity index (χ0) is 21.0. The predicted molar refractivity (Wildman–Crippen MR) is 110 cm³/mol. The molecule has 0 spiro atoms. The number of nitrogens with one attached hydrogen (secondary N) is 1. The lowest BCUT2D eigenvalue weighted by Gasteiger charge is -2.18. The van der Waals surface area contributed by atoms with Crippen LogP contribution in [0, 0.1) is 0 Å². The molecule has 3 rings (SSSR count). The van der Waals surface area contributed by atoms with Gasteiger partial charge in [-0.05, 0) is 51.0 Å². The summed E-state index contributed by atoms with van der Waals surface area (Å²) in [5.41, 5.74) is 2.58. The third kappa shape index (κ3) is 5.28. The van der Waals surface area contributed by atoms with Gasteiger partial charge in [0.2, 0.25) is 0 Å². The van der Waals surface area contributed by atoms with Crippen molar-refractivity contribution in [3.8, 4) is 11.5 Å². The van der Waals surface area contributed by atoms with E-state index in [1.165, 1.54) is 12.5 Å². The van der Waals surface area contributed by atoms with Crippen LogP contribution in [0.2, 0.25) is 0 Å². The lowest BCUT2D eigenvalue weighted by Crippen LogP contribution is -2.31. The van der Waals surface area contributed by atoms with Gasteiger partial charge in [0.15, 0.2) is 24.2 Å². The van der Waals surface area contributed by atoms with E-state index in [9.17, 15) is 9.59 Å². The fourth-order valence-corrected chi connectivity index (χ4v) is 3.19. The summed E-state index contributed by atoms with van der Waals surface area (Å²) < 4.78 is 16.7. The lowest BCUT2D eigenvalue weighted by molar-refractivity contribution is -0.155. The molecule has 6 nitrogen and oxygen atoms in total. The van der Waals surface area contributed by atoms with E-state index in [0.29, 0.717) is 17.2 Å². The number of carbonyl (C=O) groups is 2. The molecule has 0 radical (unpaired) electrons. The number of ether oxygens (including phenoxy) is 3. The molecule has 0 unspecified atom stereocenters. The standard InChI is InChI=1S/C23H27NO5/c1-5-16-9-11-18(12-10-16)24-22(26)15(2)28-20(25)14-27-19-8-6-7-17-13-23(3,4)29-21(17)19/h6-12,15H,5,13-14H2,1-4H3,(H,24,26)/t15-/m1/s1. The maximum absolute atomic E-state index is 12.3. The van der Waals surface area contributed by atoms with Crippen LogP contribution in [0.25, 0.3) is 0 Å². The van der Waals surface area contributed by atoms with Crippen LogP contribution >= 0.6 is 0 Å². The molecular formula is C23H27NO5. The number of amides is 1. The molecule has 1 aliphatic heterocycles. The van der Waals surface area contributed by atoms with Crippen LogP contribution in [0.1, 0.15) is 38.8 Å². The summed E-state index contributed by atoms with van der Waals surface area (Å²) in [6, 6.07) is 13.1. The second kappa shape index (κ2) is 8.55. The van der Waals surface area contributed by atoms with Gasteiger partial charge in [-0.15, -0.1) is 0 Å². The molecule has 1 N–H and O–H groups in total. The Morgan fingerprint density at radius 3 is 2.59 bits per heavy atom. The van der Waals surface area contributed by atoms with Gasteiger partial charge >= 0.3 is 5.97 Å². The van der Waals surface area contributed by atoms with Gasteiger partial charge in [-0.1, -0.05) is 31.2 Å². The highest BCUT2D eigenvalue weighted by molar-refractivity contribution is 5.95. The minimum Gasteiger partial charge on any atom is -0.483 e. The summed E-state index contributed by atoms with van der Waals surface area (Å²) in [5.74, 6) is 0.141. The molecule has 29 heavy (non-hydrogen) atoms. The number of carbonyl (C=O) groups excluding carboxylic acids is 2. The third-order valence-corrected chi connectivity index (χ3v) is 4.71. The number of fused-ring (bicyclic) bond motifs is 1. The Kier molecular flexibility index (Phi) is 6.11. The first-order valence-electron chi connectivity index (χ1n) is 9.80. The van der Waals surface area contributed by atoms with Crippen molar-refractivity contribution in [2.75, 3.05) is 11.9 Å². The van der Waals surface area contributed by atoms with Crippen LogP contribution in [0.15, 0.2) is 42.5 Å². The SMILES string of the molecule is CCc1ccc(NC(=O)[C@@H](C)OC(=O)COc2cccc3c2OC(C)(C)C3)cc1. The van der Waals surface area contributed by atoms with E-state index < -0.39 is 18.0 Å². The van der Waals surface area contributed by atoms with Crippen molar-refractivity contribution in [1.29, 1.82) is 0 Å². The molecule has 6 heteroatoms. The maximum atomic E-state index is 12.3. The van der Waals surface area contributed by atoms with Crippen LogP contribution in [0.4, 0.5) is 5.69 Å². The van der Waals surface area contributed by atoms with E-state index in [1.54, 1.807) is 6.07 Å². The predicted octanol–water partition coefficient (Wildman–Crippen LogP) is 3.91. The number of hydrogen-bond donors (Lipinski definition) is 1. The van der Waals surface area contributed by atoms with Gasteiger partial charge in [-0.2, -0.15) is 0 Å².